The van der Waals surface area contributed by atoms with Crippen molar-refractivity contribution in [3.05, 3.63) is 211 Å². The molecule has 772 valence electrons. The number of halogens is 1. The van der Waals surface area contributed by atoms with Gasteiger partial charge in [0.15, 0.2) is 34.8 Å². The van der Waals surface area contributed by atoms with Crippen LogP contribution in [0.5, 0.6) is 40.4 Å². The molecular formula is C109H138ClN19O16. The zero-order valence-corrected chi connectivity index (χ0v) is 85.5. The van der Waals surface area contributed by atoms with Crippen LogP contribution in [0, 0.1) is 6.92 Å². The first kappa shape index (κ1) is 109. The largest absolute Gasteiger partial charge is 0.491 e. The monoisotopic (exact) mass is 2000 g/mol. The number of aryl methyl sites for hydroxylation is 1. The van der Waals surface area contributed by atoms with E-state index in [0.717, 1.165) is 198 Å². The van der Waals surface area contributed by atoms with Crippen molar-refractivity contribution in [1.82, 2.24) is 76.0 Å². The van der Waals surface area contributed by atoms with Crippen LogP contribution in [0.25, 0.3) is 90.6 Å². The predicted molar refractivity (Wildman–Crippen MR) is 565 cm³/mol. The minimum atomic E-state index is -0.623. The number of hydrogen-bond acceptors (Lipinski definition) is 34. The van der Waals surface area contributed by atoms with Crippen LogP contribution in [-0.2, 0) is 30.2 Å². The Balaban J connectivity index is 0.000000162. The van der Waals surface area contributed by atoms with Gasteiger partial charge in [-0.05, 0) is 171 Å². The third-order valence-electron chi connectivity index (χ3n) is 24.5. The maximum absolute atomic E-state index is 11.9. The summed E-state index contributed by atoms with van der Waals surface area (Å²) < 4.78 is 61.9. The maximum Gasteiger partial charge on any atom is 0.222 e. The third kappa shape index (κ3) is 32.8. The van der Waals surface area contributed by atoms with Crippen molar-refractivity contribution in [2.75, 3.05) is 222 Å². The van der Waals surface area contributed by atoms with E-state index in [2.05, 4.69) is 97.4 Å². The Morgan fingerprint density at radius 2 is 0.966 bits per heavy atom. The molecule has 4 unspecified atom stereocenters. The van der Waals surface area contributed by atoms with Crippen molar-refractivity contribution in [2.24, 2.45) is 0 Å². The molecule has 4 aliphatic heterocycles. The Morgan fingerprint density at radius 3 is 1.50 bits per heavy atom. The molecule has 145 heavy (non-hydrogen) atoms. The number of fused-ring (bicyclic) bond motifs is 1. The van der Waals surface area contributed by atoms with Crippen LogP contribution >= 0.6 is 11.6 Å². The Kier molecular flexibility index (Phi) is 43.0. The average molecular weight is 2010 g/mol. The molecule has 0 spiro atoms. The Morgan fingerprint density at radius 1 is 0.476 bits per heavy atom. The van der Waals surface area contributed by atoms with Gasteiger partial charge in [0.1, 0.15) is 110 Å². The molecule has 35 nitrogen and oxygen atoms in total. The number of aromatic nitrogens is 10. The van der Waals surface area contributed by atoms with Gasteiger partial charge in [-0.1, -0.05) is 85.3 Å². The quantitative estimate of drug-likeness (QED) is 0.0160. The Bertz CT molecular complexity index is 6030. The summed E-state index contributed by atoms with van der Waals surface area (Å²) in [5.41, 5.74) is 12.2. The van der Waals surface area contributed by atoms with Crippen LogP contribution in [0.3, 0.4) is 0 Å². The van der Waals surface area contributed by atoms with Crippen LogP contribution in [0.2, 0.25) is 5.02 Å². The zero-order chi connectivity index (χ0) is 102. The number of benzene rings is 6. The number of likely N-dealkylation sites (tertiary alicyclic amines) is 1. The van der Waals surface area contributed by atoms with E-state index in [9.17, 15) is 25.2 Å². The molecular weight excluding hydrogens is 1870 g/mol. The fourth-order valence-corrected chi connectivity index (χ4v) is 16.9. The second kappa shape index (κ2) is 57.1. The second-order valence-corrected chi connectivity index (χ2v) is 35.8. The number of amides is 1. The summed E-state index contributed by atoms with van der Waals surface area (Å²) in [6.45, 7) is 15.4. The molecule has 1 amide bonds. The molecule has 0 bridgehead atoms. The van der Waals surface area contributed by atoms with Gasteiger partial charge in [-0.2, -0.15) is 0 Å². The number of carbonyl (C=O) groups is 1. The van der Waals surface area contributed by atoms with Gasteiger partial charge < -0.3 is 119 Å². The smallest absolute Gasteiger partial charge is 0.222 e. The standard InChI is InChI=1S/C28H36N6O3.C28H34N4O5.C27H33ClN4O3.C26H35N5O5/c1-3-22-15-20(10-12-30-22)25-17-26(31-11-6-14-34-13-5-9-27(34)36)33-28(32-25)21-7-4-8-24(16-21)37-19-23(35)18-29-2;1-29-17-22(33)18-37-23-5-3-4-20(14-23)28-30-24(19-6-7-25-26(15-19)36-13-12-35-25)16-27(31-28)32(2)21-8-10-34-11-9-21;1-18-25(19-7-5-4-6-8-19)30-26(31-27(18)32(3)22-9-11-34-12-10-22)20-13-21(28)15-24(14-20)35-17-23(33)16-29-2;1-27-17-21(32)18-36-22-7-5-6-20(14-22)26-29-23(19-8-9-28-25(15-19)35-4)16-24(30-26)31(10-12-33-2)11-13-34-3/h4,7-8,10,12,15-17,23,29,35H,3,5-6,9,11,13-14,18-19H2,1-2H3,(H,31,32,33);3-7,14-16,21-22,29,33H,8-13,17-18H2,1-2H3;4-8,13-15,22-23,29,33H,9-12,16-17H2,1-3H3;5-9,14-16,21,27,32H,10-13,17-18H2,1-4H3. The number of nitrogens with zero attached hydrogens (tertiary/aromatic N) is 14. The molecule has 9 N–H and O–H groups in total. The van der Waals surface area contributed by atoms with E-state index in [1.165, 1.54) is 0 Å². The molecule has 3 fully saturated rings. The highest BCUT2D eigenvalue weighted by Gasteiger charge is 2.29. The number of pyridine rings is 2. The highest BCUT2D eigenvalue weighted by Crippen LogP contribution is 2.40. The number of hydrogen-bond donors (Lipinski definition) is 9. The minimum Gasteiger partial charge on any atom is -0.491 e. The van der Waals surface area contributed by atoms with Crippen molar-refractivity contribution in [3.63, 3.8) is 0 Å². The highest BCUT2D eigenvalue weighted by molar-refractivity contribution is 6.31. The molecule has 36 heteroatoms. The van der Waals surface area contributed by atoms with Gasteiger partial charge in [0.2, 0.25) is 11.8 Å². The first-order valence-corrected chi connectivity index (χ1v) is 49.8. The first-order valence-electron chi connectivity index (χ1n) is 49.5. The van der Waals surface area contributed by atoms with E-state index in [-0.39, 0.29) is 32.3 Å². The van der Waals surface area contributed by atoms with Gasteiger partial charge in [-0.25, -0.2) is 44.9 Å². The highest BCUT2D eigenvalue weighted by atomic mass is 35.5. The molecule has 10 heterocycles. The van der Waals surface area contributed by atoms with Crippen LogP contribution in [0.1, 0.15) is 63.1 Å². The summed E-state index contributed by atoms with van der Waals surface area (Å²) in [6.07, 6.45) is 8.18. The van der Waals surface area contributed by atoms with E-state index in [1.54, 1.807) is 68.0 Å². The molecule has 12 aromatic rings. The lowest BCUT2D eigenvalue weighted by molar-refractivity contribution is -0.127. The SMILES string of the molecule is CCc1cc(-c2cc(NCCCN3CCCC3=O)nc(-c3cccc(OCC(O)CNC)c3)n2)ccn1.CNCC(O)COc1cc(Cl)cc(-c2nc(-c3ccccc3)c(C)c(N(C)C3CCOCC3)n2)c1.CNCC(O)COc1cccc(-c2nc(-c3ccc4c(c3)OCCO4)cc(N(C)C3CCOCC3)n2)c1.CNCC(O)COc1cccc(-c2nc(-c3ccnc(OC)c3)cc(N(CCOC)CCOC)n2)c1. The number of ether oxygens (including phenoxy) is 11. The van der Waals surface area contributed by atoms with Gasteiger partial charge in [0.25, 0.3) is 0 Å². The van der Waals surface area contributed by atoms with Crippen molar-refractivity contribution in [1.29, 1.82) is 0 Å². The van der Waals surface area contributed by atoms with Crippen LogP contribution in [0.4, 0.5) is 23.3 Å². The Hall–Kier alpha value is -13.0. The van der Waals surface area contributed by atoms with Gasteiger partial charge in [0, 0.05) is 230 Å². The lowest BCUT2D eigenvalue weighted by Crippen LogP contribution is -2.37. The normalized spacial score (nSPS) is 14.3. The molecule has 4 atom stereocenters. The lowest BCUT2D eigenvalue weighted by atomic mass is 10.0. The fourth-order valence-electron chi connectivity index (χ4n) is 16.7. The fraction of sp³-hybridized carbons (Fsp3) is 0.422. The molecule has 16 rings (SSSR count). The van der Waals surface area contributed by atoms with E-state index >= 15 is 0 Å². The summed E-state index contributed by atoms with van der Waals surface area (Å²) >= 11 is 6.45. The molecule has 4 aliphatic rings. The van der Waals surface area contributed by atoms with Crippen LogP contribution in [-0.4, -0.2) is 319 Å². The topological polar surface area (TPSA) is 402 Å². The number of nitrogens with one attached hydrogen (secondary N) is 5. The van der Waals surface area contributed by atoms with Gasteiger partial charge in [0.05, 0.1) is 43.1 Å². The van der Waals surface area contributed by atoms with Crippen molar-refractivity contribution < 1.29 is 77.3 Å². The van der Waals surface area contributed by atoms with Gasteiger partial charge >= 0.3 is 0 Å². The number of rotatable bonds is 46. The average Bonchev–Trinajstić information content (AvgIpc) is 1.16. The molecule has 6 aromatic heterocycles. The van der Waals surface area contributed by atoms with Crippen molar-refractivity contribution >= 4 is 40.8 Å². The number of aliphatic hydroxyl groups is 4. The summed E-state index contributed by atoms with van der Waals surface area (Å²) in [6, 6.07) is 58.6. The third-order valence-corrected chi connectivity index (χ3v) is 24.7. The van der Waals surface area contributed by atoms with E-state index < -0.39 is 24.4 Å². The summed E-state index contributed by atoms with van der Waals surface area (Å²) in [7, 11) is 16.3. The molecule has 3 saturated heterocycles. The number of anilines is 4. The number of likely N-dealkylation sites (N-methyl/N-ethyl adjacent to an activating group) is 4. The molecule has 6 aromatic carbocycles. The van der Waals surface area contributed by atoms with Gasteiger partial charge in [-0.3, -0.25) is 9.78 Å². The van der Waals surface area contributed by atoms with Gasteiger partial charge in [-0.15, -0.1) is 0 Å². The van der Waals surface area contributed by atoms with E-state index in [4.69, 9.17) is 104 Å². The van der Waals surface area contributed by atoms with Crippen LogP contribution in [0.15, 0.2) is 194 Å². The summed E-state index contributed by atoms with van der Waals surface area (Å²) in [4.78, 5) is 68.3. The summed E-state index contributed by atoms with van der Waals surface area (Å²) in [5, 5.41) is 55.7. The van der Waals surface area contributed by atoms with Crippen molar-refractivity contribution in [2.45, 2.75) is 102 Å². The van der Waals surface area contributed by atoms with E-state index in [1.807, 2.05) is 163 Å². The van der Waals surface area contributed by atoms with E-state index in [0.29, 0.717) is 148 Å². The van der Waals surface area contributed by atoms with Crippen molar-refractivity contribution in [3.8, 4) is 131 Å². The Labute approximate surface area is 854 Å². The number of carbonyl (C=O) groups excluding carboxylic acids is 1. The number of methoxy groups -OCH3 is 3. The molecule has 0 saturated carbocycles. The maximum atomic E-state index is 11.9. The summed E-state index contributed by atoms with van der Waals surface area (Å²) in [5.74, 6) is 10.2. The first-order chi connectivity index (χ1) is 70.7. The van der Waals surface area contributed by atoms with Crippen LogP contribution < -0.4 is 74.4 Å². The minimum absolute atomic E-state index is 0.155. The lowest BCUT2D eigenvalue weighted by Gasteiger charge is -2.33. The predicted octanol–water partition coefficient (Wildman–Crippen LogP) is 12.9. The molecule has 0 aliphatic carbocycles. The zero-order valence-electron chi connectivity index (χ0n) is 84.8. The number of aliphatic hydroxyl groups excluding tert-OH is 4. The second-order valence-electron chi connectivity index (χ2n) is 35.4. The molecule has 0 radical (unpaired) electrons.